The van der Waals surface area contributed by atoms with E-state index in [2.05, 4.69) is 11.4 Å². The highest BCUT2D eigenvalue weighted by atomic mass is 16.5. The van der Waals surface area contributed by atoms with E-state index in [4.69, 9.17) is 9.47 Å². The number of nitrogens with one attached hydrogen (secondary N) is 1. The maximum Gasteiger partial charge on any atom is 0.240 e. The zero-order valence-corrected chi connectivity index (χ0v) is 15.5. The molecule has 0 radical (unpaired) electrons. The third kappa shape index (κ3) is 4.40. The van der Waals surface area contributed by atoms with Crippen LogP contribution in [0.3, 0.4) is 0 Å². The average Bonchev–Trinajstić information content (AvgIpc) is 3.22. The number of benzene rings is 2. The lowest BCUT2D eigenvalue weighted by molar-refractivity contribution is -0.128. The van der Waals surface area contributed by atoms with E-state index in [9.17, 15) is 10.1 Å². The predicted molar refractivity (Wildman–Crippen MR) is 102 cm³/mol. The van der Waals surface area contributed by atoms with Crippen molar-refractivity contribution in [1.29, 1.82) is 5.26 Å². The number of amides is 1. The van der Waals surface area contributed by atoms with Gasteiger partial charge in [-0.25, -0.2) is 0 Å². The van der Waals surface area contributed by atoms with Crippen molar-refractivity contribution in [1.82, 2.24) is 5.32 Å². The molecule has 0 spiro atoms. The molecule has 0 saturated heterocycles. The zero-order valence-electron chi connectivity index (χ0n) is 15.5. The van der Waals surface area contributed by atoms with Crippen molar-refractivity contribution < 1.29 is 14.3 Å². The minimum absolute atomic E-state index is 0.175. The highest BCUT2D eigenvalue weighted by Crippen LogP contribution is 2.37. The Morgan fingerprint density at radius 2 is 1.85 bits per heavy atom. The Morgan fingerprint density at radius 3 is 2.52 bits per heavy atom. The molecule has 5 heteroatoms. The molecule has 1 saturated carbocycles. The van der Waals surface area contributed by atoms with Gasteiger partial charge in [0.05, 0.1) is 13.2 Å². The molecule has 1 aliphatic carbocycles. The van der Waals surface area contributed by atoms with Gasteiger partial charge in [-0.05, 0) is 36.1 Å². The fraction of sp³-hybridized carbons (Fsp3) is 0.364. The molecule has 2 aromatic rings. The number of hydrogen-bond donors (Lipinski definition) is 1. The van der Waals surface area contributed by atoms with Gasteiger partial charge in [-0.1, -0.05) is 49.2 Å². The highest BCUT2D eigenvalue weighted by Gasteiger charge is 2.41. The van der Waals surface area contributed by atoms with Crippen LogP contribution in [0.15, 0.2) is 48.5 Å². The first-order chi connectivity index (χ1) is 13.2. The van der Waals surface area contributed by atoms with Gasteiger partial charge in [-0.3, -0.25) is 4.79 Å². The normalized spacial score (nSPS) is 15.0. The monoisotopic (exact) mass is 364 g/mol. The lowest BCUT2D eigenvalue weighted by Crippen LogP contribution is -2.37. The Kier molecular flexibility index (Phi) is 5.97. The Labute approximate surface area is 159 Å². The molecule has 0 aliphatic heterocycles. The fourth-order valence-electron chi connectivity index (χ4n) is 3.40. The molecule has 0 aromatic heterocycles. The van der Waals surface area contributed by atoms with Gasteiger partial charge in [0.15, 0.2) is 11.5 Å². The highest BCUT2D eigenvalue weighted by molar-refractivity contribution is 5.85. The van der Waals surface area contributed by atoms with Crippen molar-refractivity contribution in [3.8, 4) is 17.6 Å². The SMILES string of the molecule is COc1cc(CNC(=O)C2(C#N)CCCC2)ccc1OCc1ccccc1. The van der Waals surface area contributed by atoms with Gasteiger partial charge >= 0.3 is 0 Å². The van der Waals surface area contributed by atoms with E-state index in [-0.39, 0.29) is 5.91 Å². The molecule has 5 nitrogen and oxygen atoms in total. The molecule has 0 bridgehead atoms. The van der Waals surface area contributed by atoms with E-state index < -0.39 is 5.41 Å². The first kappa shape index (κ1) is 18.8. The maximum absolute atomic E-state index is 12.5. The quantitative estimate of drug-likeness (QED) is 0.807. The van der Waals surface area contributed by atoms with Crippen LogP contribution in [0.2, 0.25) is 0 Å². The van der Waals surface area contributed by atoms with Crippen molar-refractivity contribution >= 4 is 5.91 Å². The summed E-state index contributed by atoms with van der Waals surface area (Å²) in [6, 6.07) is 17.7. The van der Waals surface area contributed by atoms with Crippen molar-refractivity contribution in [3.63, 3.8) is 0 Å². The summed E-state index contributed by atoms with van der Waals surface area (Å²) in [5.74, 6) is 1.10. The van der Waals surface area contributed by atoms with Crippen molar-refractivity contribution in [2.24, 2.45) is 5.41 Å². The number of ether oxygens (including phenoxy) is 2. The smallest absolute Gasteiger partial charge is 0.240 e. The number of carbonyl (C=O) groups is 1. The summed E-state index contributed by atoms with van der Waals surface area (Å²) >= 11 is 0. The molecule has 0 heterocycles. The molecular weight excluding hydrogens is 340 g/mol. The number of hydrogen-bond acceptors (Lipinski definition) is 4. The van der Waals surface area contributed by atoms with Gasteiger partial charge in [0.2, 0.25) is 5.91 Å². The second-order valence-corrected chi connectivity index (χ2v) is 6.84. The molecule has 1 N–H and O–H groups in total. The van der Waals surface area contributed by atoms with Gasteiger partial charge in [0, 0.05) is 6.54 Å². The van der Waals surface area contributed by atoms with Crippen LogP contribution < -0.4 is 14.8 Å². The van der Waals surface area contributed by atoms with E-state index in [0.29, 0.717) is 37.5 Å². The molecule has 0 unspecified atom stereocenters. The number of nitrogens with zero attached hydrogens (tertiary/aromatic N) is 1. The summed E-state index contributed by atoms with van der Waals surface area (Å²) in [6.07, 6.45) is 3.15. The largest absolute Gasteiger partial charge is 0.493 e. The number of nitriles is 1. The van der Waals surface area contributed by atoms with Crippen LogP contribution in [0, 0.1) is 16.7 Å². The second kappa shape index (κ2) is 8.59. The topological polar surface area (TPSA) is 71.3 Å². The number of rotatable bonds is 7. The van der Waals surface area contributed by atoms with Crippen molar-refractivity contribution in [3.05, 3.63) is 59.7 Å². The molecule has 1 fully saturated rings. The first-order valence-corrected chi connectivity index (χ1v) is 9.20. The number of carbonyl (C=O) groups excluding carboxylic acids is 1. The molecule has 1 aliphatic rings. The summed E-state index contributed by atoms with van der Waals surface area (Å²) in [5.41, 5.74) is 1.12. The van der Waals surface area contributed by atoms with Crippen molar-refractivity contribution in [2.75, 3.05) is 7.11 Å². The third-order valence-corrected chi connectivity index (χ3v) is 5.02. The van der Waals surface area contributed by atoms with Crippen LogP contribution in [0.1, 0.15) is 36.8 Å². The Hall–Kier alpha value is -3.00. The molecule has 3 rings (SSSR count). The minimum atomic E-state index is -0.858. The van der Waals surface area contributed by atoms with Gasteiger partial charge in [-0.2, -0.15) is 5.26 Å². The predicted octanol–water partition coefficient (Wildman–Crippen LogP) is 3.97. The van der Waals surface area contributed by atoms with E-state index in [1.807, 2.05) is 48.5 Å². The molecule has 2 aromatic carbocycles. The van der Waals surface area contributed by atoms with Crippen LogP contribution in [-0.2, 0) is 17.9 Å². The lowest BCUT2D eigenvalue weighted by atomic mass is 9.87. The maximum atomic E-state index is 12.5. The van der Waals surface area contributed by atoms with Crippen LogP contribution in [0.25, 0.3) is 0 Å². The molecule has 140 valence electrons. The summed E-state index contributed by atoms with van der Waals surface area (Å²) in [6.45, 7) is 0.815. The van der Waals surface area contributed by atoms with Gasteiger partial charge < -0.3 is 14.8 Å². The van der Waals surface area contributed by atoms with E-state index >= 15 is 0 Å². The Morgan fingerprint density at radius 1 is 1.11 bits per heavy atom. The van der Waals surface area contributed by atoms with E-state index in [1.54, 1.807) is 7.11 Å². The summed E-state index contributed by atoms with van der Waals surface area (Å²) in [7, 11) is 1.59. The van der Waals surface area contributed by atoms with Crippen LogP contribution in [-0.4, -0.2) is 13.0 Å². The summed E-state index contributed by atoms with van der Waals surface area (Å²) < 4.78 is 11.3. The van der Waals surface area contributed by atoms with Gasteiger partial charge in [0.1, 0.15) is 12.0 Å². The van der Waals surface area contributed by atoms with Crippen LogP contribution >= 0.6 is 0 Å². The Bertz CT molecular complexity index is 821. The minimum Gasteiger partial charge on any atom is -0.493 e. The van der Waals surface area contributed by atoms with Crippen LogP contribution in [0.4, 0.5) is 0 Å². The number of methoxy groups -OCH3 is 1. The zero-order chi connectivity index (χ0) is 19.1. The van der Waals surface area contributed by atoms with E-state index in [1.165, 1.54) is 0 Å². The molecular formula is C22H24N2O3. The van der Waals surface area contributed by atoms with E-state index in [0.717, 1.165) is 24.0 Å². The second-order valence-electron chi connectivity index (χ2n) is 6.84. The molecule has 1 amide bonds. The molecule has 0 atom stereocenters. The third-order valence-electron chi connectivity index (χ3n) is 5.02. The summed E-state index contributed by atoms with van der Waals surface area (Å²) in [5, 5.41) is 12.3. The first-order valence-electron chi connectivity index (χ1n) is 9.20. The van der Waals surface area contributed by atoms with Crippen LogP contribution in [0.5, 0.6) is 11.5 Å². The molecule has 27 heavy (non-hydrogen) atoms. The van der Waals surface area contributed by atoms with Crippen molar-refractivity contribution in [2.45, 2.75) is 38.8 Å². The van der Waals surface area contributed by atoms with Gasteiger partial charge in [0.25, 0.3) is 0 Å². The summed E-state index contributed by atoms with van der Waals surface area (Å²) in [4.78, 5) is 12.5. The van der Waals surface area contributed by atoms with Gasteiger partial charge in [-0.15, -0.1) is 0 Å². The average molecular weight is 364 g/mol. The fourth-order valence-corrected chi connectivity index (χ4v) is 3.40. The lowest BCUT2D eigenvalue weighted by Gasteiger charge is -2.19. The standard InChI is InChI=1S/C22H24N2O3/c1-26-20-13-18(14-24-21(25)22(16-23)11-5-6-12-22)9-10-19(20)27-15-17-7-3-2-4-8-17/h2-4,7-10,13H,5-6,11-12,14-15H2,1H3,(H,24,25). The Balaban J connectivity index is 1.62.